The molecule has 164 valence electrons. The third-order valence-corrected chi connectivity index (χ3v) is 6.43. The quantitative estimate of drug-likeness (QED) is 0.770. The molecular weight excluding hydrogens is 393 g/mol. The Labute approximate surface area is 183 Å². The fourth-order valence-electron chi connectivity index (χ4n) is 4.88. The summed E-state index contributed by atoms with van der Waals surface area (Å²) < 4.78 is 13.2. The maximum atomic E-state index is 13.2. The molecule has 0 aliphatic carbocycles. The minimum atomic E-state index is -0.326. The molecule has 2 saturated heterocycles. The van der Waals surface area contributed by atoms with Crippen molar-refractivity contribution in [3.63, 3.8) is 0 Å². The number of fused-ring (bicyclic) bond motifs is 1. The number of aliphatic hydroxyl groups is 1. The van der Waals surface area contributed by atoms with Crippen LogP contribution in [-0.2, 0) is 0 Å². The second kappa shape index (κ2) is 9.62. The molecule has 2 heterocycles. The number of allylic oxidation sites excluding steroid dienone is 1. The zero-order chi connectivity index (χ0) is 21.8. The number of halogens is 1. The van der Waals surface area contributed by atoms with Crippen LogP contribution >= 0.6 is 0 Å². The van der Waals surface area contributed by atoms with Crippen LogP contribution < -0.4 is 5.32 Å². The molecule has 2 aromatic carbocycles. The zero-order valence-corrected chi connectivity index (χ0v) is 17.9. The second-order valence-electron chi connectivity index (χ2n) is 8.34. The van der Waals surface area contributed by atoms with Gasteiger partial charge in [0.05, 0.1) is 6.61 Å². The standard InChI is InChI=1S/C25H30FN3O2/c1-2-5-18-6-8-19(9-7-18)24-22-16-28(14-3-4-15-29(22)23(24)17-30)25(31)27-21-12-10-20(26)11-13-21/h2,5-13,22-24,30H,3-4,14-17H2,1H3,(H,27,31)/b5-2+/t22-,23-,24+/m1/s1. The topological polar surface area (TPSA) is 55.8 Å². The third-order valence-electron chi connectivity index (χ3n) is 6.43. The van der Waals surface area contributed by atoms with Gasteiger partial charge in [-0.25, -0.2) is 9.18 Å². The first kappa shape index (κ1) is 21.5. The van der Waals surface area contributed by atoms with Crippen LogP contribution in [0.1, 0.15) is 36.8 Å². The number of urea groups is 1. The number of rotatable bonds is 4. The second-order valence-corrected chi connectivity index (χ2v) is 8.34. The van der Waals surface area contributed by atoms with Crippen LogP contribution in [0.2, 0.25) is 0 Å². The van der Waals surface area contributed by atoms with Crippen LogP contribution in [0.3, 0.4) is 0 Å². The lowest BCUT2D eigenvalue weighted by molar-refractivity contribution is -0.0585. The molecule has 5 nitrogen and oxygen atoms in total. The molecule has 0 unspecified atom stereocenters. The van der Waals surface area contributed by atoms with Gasteiger partial charge >= 0.3 is 6.03 Å². The zero-order valence-electron chi connectivity index (χ0n) is 17.9. The molecule has 2 fully saturated rings. The van der Waals surface area contributed by atoms with E-state index >= 15 is 0 Å². The normalized spacial score (nSPS) is 24.2. The van der Waals surface area contributed by atoms with Gasteiger partial charge in [-0.05, 0) is 61.7 Å². The number of hydrogen-bond donors (Lipinski definition) is 2. The first-order valence-electron chi connectivity index (χ1n) is 11.0. The number of benzene rings is 2. The summed E-state index contributed by atoms with van der Waals surface area (Å²) in [5, 5.41) is 13.0. The molecule has 0 aromatic heterocycles. The Hall–Kier alpha value is -2.70. The van der Waals surface area contributed by atoms with Gasteiger partial charge in [0.15, 0.2) is 0 Å². The lowest BCUT2D eigenvalue weighted by atomic mass is 9.74. The summed E-state index contributed by atoms with van der Waals surface area (Å²) >= 11 is 0. The van der Waals surface area contributed by atoms with E-state index < -0.39 is 0 Å². The molecular formula is C25H30FN3O2. The number of aliphatic hydroxyl groups excluding tert-OH is 1. The summed E-state index contributed by atoms with van der Waals surface area (Å²) in [5.41, 5.74) is 2.94. The van der Waals surface area contributed by atoms with E-state index in [2.05, 4.69) is 40.6 Å². The Morgan fingerprint density at radius 1 is 1.13 bits per heavy atom. The fraction of sp³-hybridized carbons (Fsp3) is 0.400. The molecule has 2 N–H and O–H groups in total. The molecule has 0 saturated carbocycles. The first-order chi connectivity index (χ1) is 15.1. The van der Waals surface area contributed by atoms with Gasteiger partial charge < -0.3 is 15.3 Å². The number of nitrogens with one attached hydrogen (secondary N) is 1. The Balaban J connectivity index is 1.51. The van der Waals surface area contributed by atoms with Crippen molar-refractivity contribution in [3.8, 4) is 0 Å². The van der Waals surface area contributed by atoms with E-state index in [-0.39, 0.29) is 36.5 Å². The van der Waals surface area contributed by atoms with Crippen LogP contribution in [0.25, 0.3) is 6.08 Å². The van der Waals surface area contributed by atoms with Gasteiger partial charge in [0.1, 0.15) is 5.82 Å². The van der Waals surface area contributed by atoms with E-state index in [9.17, 15) is 14.3 Å². The van der Waals surface area contributed by atoms with Gasteiger partial charge in [-0.1, -0.05) is 36.4 Å². The molecule has 2 aliphatic rings. The Morgan fingerprint density at radius 2 is 1.84 bits per heavy atom. The van der Waals surface area contributed by atoms with Crippen molar-refractivity contribution in [2.45, 2.75) is 37.8 Å². The van der Waals surface area contributed by atoms with Gasteiger partial charge in [-0.3, -0.25) is 4.90 Å². The molecule has 3 atom stereocenters. The highest BCUT2D eigenvalue weighted by Crippen LogP contribution is 2.42. The molecule has 2 aliphatic heterocycles. The monoisotopic (exact) mass is 423 g/mol. The van der Waals surface area contributed by atoms with Crippen molar-refractivity contribution >= 4 is 17.8 Å². The molecule has 31 heavy (non-hydrogen) atoms. The predicted molar refractivity (Wildman–Crippen MR) is 121 cm³/mol. The molecule has 0 radical (unpaired) electrons. The SMILES string of the molecule is C/C=C/c1ccc([C@@H]2[C@@H](CO)N3CCCCN(C(=O)Nc4ccc(F)cc4)C[C@H]23)cc1. The van der Waals surface area contributed by atoms with Crippen molar-refractivity contribution in [1.29, 1.82) is 0 Å². The maximum Gasteiger partial charge on any atom is 0.321 e. The summed E-state index contributed by atoms with van der Waals surface area (Å²) in [5.74, 6) is -0.142. The number of anilines is 1. The molecule has 0 spiro atoms. The number of hydrogen-bond acceptors (Lipinski definition) is 3. The summed E-state index contributed by atoms with van der Waals surface area (Å²) in [6.07, 6.45) is 5.99. The van der Waals surface area contributed by atoms with Crippen molar-refractivity contribution in [3.05, 3.63) is 71.6 Å². The van der Waals surface area contributed by atoms with Crippen LogP contribution in [0.5, 0.6) is 0 Å². The summed E-state index contributed by atoms with van der Waals surface area (Å²) in [4.78, 5) is 17.2. The first-order valence-corrected chi connectivity index (χ1v) is 11.0. The van der Waals surface area contributed by atoms with Crippen LogP contribution in [0.4, 0.5) is 14.9 Å². The predicted octanol–water partition coefficient (Wildman–Crippen LogP) is 4.32. The highest BCUT2D eigenvalue weighted by atomic mass is 19.1. The van der Waals surface area contributed by atoms with Crippen molar-refractivity contribution in [2.75, 3.05) is 31.6 Å². The summed E-state index contributed by atoms with van der Waals surface area (Å²) in [6.45, 7) is 4.34. The van der Waals surface area contributed by atoms with Gasteiger partial charge in [-0.15, -0.1) is 0 Å². The molecule has 2 aromatic rings. The highest BCUT2D eigenvalue weighted by Gasteiger charge is 2.49. The van der Waals surface area contributed by atoms with Crippen molar-refractivity contribution < 1.29 is 14.3 Å². The summed E-state index contributed by atoms with van der Waals surface area (Å²) in [7, 11) is 0. The van der Waals surface area contributed by atoms with E-state index in [0.717, 1.165) is 24.9 Å². The van der Waals surface area contributed by atoms with Crippen molar-refractivity contribution in [2.24, 2.45) is 0 Å². The Kier molecular flexibility index (Phi) is 6.68. The number of carbonyl (C=O) groups is 1. The summed E-state index contributed by atoms with van der Waals surface area (Å²) in [6, 6.07) is 14.4. The fourth-order valence-corrected chi connectivity index (χ4v) is 4.88. The van der Waals surface area contributed by atoms with E-state index in [1.165, 1.54) is 17.7 Å². The Morgan fingerprint density at radius 3 is 2.52 bits per heavy atom. The number of nitrogens with zero attached hydrogens (tertiary/aromatic N) is 2. The highest BCUT2D eigenvalue weighted by molar-refractivity contribution is 5.89. The average molecular weight is 424 g/mol. The molecule has 2 amide bonds. The van der Waals surface area contributed by atoms with Crippen LogP contribution in [0.15, 0.2) is 54.6 Å². The van der Waals surface area contributed by atoms with Crippen molar-refractivity contribution in [1.82, 2.24) is 9.80 Å². The smallest absolute Gasteiger partial charge is 0.321 e. The molecule has 4 rings (SSSR count). The molecule has 0 bridgehead atoms. The lowest BCUT2D eigenvalue weighted by Crippen LogP contribution is -2.68. The Bertz CT molecular complexity index is 913. The van der Waals surface area contributed by atoms with E-state index in [1.807, 2.05) is 17.9 Å². The third kappa shape index (κ3) is 4.65. The number of carbonyl (C=O) groups excluding carboxylic acids is 1. The van der Waals surface area contributed by atoms with E-state index in [4.69, 9.17) is 0 Å². The van der Waals surface area contributed by atoms with E-state index in [0.29, 0.717) is 18.8 Å². The molecule has 6 heteroatoms. The van der Waals surface area contributed by atoms with Gasteiger partial charge in [0, 0.05) is 36.8 Å². The lowest BCUT2D eigenvalue weighted by Gasteiger charge is -2.57. The van der Waals surface area contributed by atoms with Gasteiger partial charge in [-0.2, -0.15) is 0 Å². The minimum Gasteiger partial charge on any atom is -0.395 e. The van der Waals surface area contributed by atoms with E-state index in [1.54, 1.807) is 12.1 Å². The largest absolute Gasteiger partial charge is 0.395 e. The van der Waals surface area contributed by atoms with Gasteiger partial charge in [0.25, 0.3) is 0 Å². The average Bonchev–Trinajstić information content (AvgIpc) is 2.75. The minimum absolute atomic E-state index is 0.0812. The number of amides is 2. The van der Waals surface area contributed by atoms with Crippen LogP contribution in [0, 0.1) is 5.82 Å². The van der Waals surface area contributed by atoms with Gasteiger partial charge in [0.2, 0.25) is 0 Å². The maximum absolute atomic E-state index is 13.2. The van der Waals surface area contributed by atoms with Crippen LogP contribution in [-0.4, -0.2) is 59.3 Å².